The number of amides is 1. The normalized spacial score (nSPS) is 15.4. The summed E-state index contributed by atoms with van der Waals surface area (Å²) in [5.74, 6) is 0.840. The van der Waals surface area contributed by atoms with Gasteiger partial charge in [-0.15, -0.1) is 11.3 Å². The molecule has 0 saturated carbocycles. The molecule has 6 nitrogen and oxygen atoms in total. The van der Waals surface area contributed by atoms with Gasteiger partial charge in [-0.05, 0) is 55.0 Å². The maximum atomic E-state index is 12.0. The van der Waals surface area contributed by atoms with Crippen LogP contribution in [-0.2, 0) is 19.5 Å². The predicted molar refractivity (Wildman–Crippen MR) is 125 cm³/mol. The van der Waals surface area contributed by atoms with Gasteiger partial charge in [0, 0.05) is 56.8 Å². The molecule has 7 heteroatoms. The van der Waals surface area contributed by atoms with Crippen LogP contribution in [0.15, 0.2) is 40.7 Å². The summed E-state index contributed by atoms with van der Waals surface area (Å²) in [6, 6.07) is 10.4. The second kappa shape index (κ2) is 10.6. The number of thiophene rings is 1. The van der Waals surface area contributed by atoms with Crippen molar-refractivity contribution in [1.29, 1.82) is 0 Å². The van der Waals surface area contributed by atoms with Crippen LogP contribution in [0, 0.1) is 0 Å². The molecule has 0 saturated heterocycles. The Morgan fingerprint density at radius 1 is 1.23 bits per heavy atom. The van der Waals surface area contributed by atoms with Crippen LogP contribution in [0.4, 0.5) is 0 Å². The minimum atomic E-state index is 0.0151. The molecule has 1 aliphatic heterocycles. The largest absolute Gasteiger partial charge is 0.357 e. The summed E-state index contributed by atoms with van der Waals surface area (Å²) in [6.07, 6.45) is 1.15. The maximum Gasteiger partial charge on any atom is 0.253 e. The number of aliphatic imine (C=N–C) groups is 1. The molecule has 1 atom stereocenters. The van der Waals surface area contributed by atoms with E-state index in [0.717, 1.165) is 44.1 Å². The first-order chi connectivity index (χ1) is 14.5. The van der Waals surface area contributed by atoms with Gasteiger partial charge in [-0.1, -0.05) is 12.1 Å². The summed E-state index contributed by atoms with van der Waals surface area (Å²) >= 11 is 1.88. The van der Waals surface area contributed by atoms with Gasteiger partial charge in [0.25, 0.3) is 5.91 Å². The van der Waals surface area contributed by atoms with Crippen LogP contribution in [0.3, 0.4) is 0 Å². The summed E-state index contributed by atoms with van der Waals surface area (Å²) in [7, 11) is 3.53. The summed E-state index contributed by atoms with van der Waals surface area (Å²) < 4.78 is 0. The molecule has 0 spiro atoms. The van der Waals surface area contributed by atoms with E-state index in [0.29, 0.717) is 18.2 Å². The monoisotopic (exact) mass is 427 g/mol. The van der Waals surface area contributed by atoms with E-state index in [1.807, 2.05) is 35.6 Å². The first-order valence-corrected chi connectivity index (χ1v) is 11.5. The predicted octanol–water partition coefficient (Wildman–Crippen LogP) is 2.95. The highest BCUT2D eigenvalue weighted by Gasteiger charge is 2.21. The number of carbonyl (C=O) groups excluding carboxylic acids is 1. The van der Waals surface area contributed by atoms with Crippen molar-refractivity contribution in [3.8, 4) is 0 Å². The second-order valence-corrected chi connectivity index (χ2v) is 8.91. The number of guanidine groups is 1. The molecule has 3 rings (SSSR count). The van der Waals surface area contributed by atoms with Gasteiger partial charge in [0.15, 0.2) is 5.96 Å². The van der Waals surface area contributed by atoms with E-state index in [4.69, 9.17) is 4.99 Å². The summed E-state index contributed by atoms with van der Waals surface area (Å²) in [5.41, 5.74) is 3.26. The summed E-state index contributed by atoms with van der Waals surface area (Å²) in [6.45, 7) is 8.73. The number of rotatable bonds is 7. The van der Waals surface area contributed by atoms with Crippen molar-refractivity contribution in [2.24, 2.45) is 4.99 Å². The van der Waals surface area contributed by atoms with Crippen LogP contribution in [0.5, 0.6) is 0 Å². The Kier molecular flexibility index (Phi) is 7.87. The number of hydrogen-bond acceptors (Lipinski definition) is 4. The van der Waals surface area contributed by atoms with E-state index >= 15 is 0 Å². The summed E-state index contributed by atoms with van der Waals surface area (Å²) in [5, 5.41) is 9.02. The van der Waals surface area contributed by atoms with Crippen LogP contribution in [-0.4, -0.2) is 61.4 Å². The molecular weight excluding hydrogens is 394 g/mol. The molecule has 162 valence electrons. The number of nitrogens with zero attached hydrogens (tertiary/aromatic N) is 3. The fourth-order valence-corrected chi connectivity index (χ4v) is 4.43. The molecule has 1 aliphatic rings. The Bertz CT molecular complexity index is 859. The zero-order valence-electron chi connectivity index (χ0n) is 18.4. The Morgan fingerprint density at radius 2 is 2.00 bits per heavy atom. The summed E-state index contributed by atoms with van der Waals surface area (Å²) in [4.78, 5) is 22.4. The molecule has 2 heterocycles. The fraction of sp³-hybridized carbons (Fsp3) is 0.478. The minimum absolute atomic E-state index is 0.0151. The lowest BCUT2D eigenvalue weighted by Crippen LogP contribution is -2.47. The van der Waals surface area contributed by atoms with Crippen molar-refractivity contribution < 1.29 is 4.79 Å². The van der Waals surface area contributed by atoms with Crippen molar-refractivity contribution in [2.45, 2.75) is 39.4 Å². The van der Waals surface area contributed by atoms with Gasteiger partial charge in [-0.25, -0.2) is 4.99 Å². The second-order valence-electron chi connectivity index (χ2n) is 7.91. The van der Waals surface area contributed by atoms with Gasteiger partial charge in [0.2, 0.25) is 0 Å². The van der Waals surface area contributed by atoms with Crippen molar-refractivity contribution in [2.75, 3.05) is 33.7 Å². The topological polar surface area (TPSA) is 60.0 Å². The maximum absolute atomic E-state index is 12.0. The lowest BCUT2D eigenvalue weighted by molar-refractivity contribution is 0.0827. The highest BCUT2D eigenvalue weighted by Crippen LogP contribution is 2.24. The Hall–Kier alpha value is -2.38. The third-order valence-electron chi connectivity index (χ3n) is 5.40. The van der Waals surface area contributed by atoms with Crippen molar-refractivity contribution >= 4 is 23.2 Å². The number of fused-ring (bicyclic) bond motifs is 1. The van der Waals surface area contributed by atoms with E-state index < -0.39 is 0 Å². The van der Waals surface area contributed by atoms with E-state index in [9.17, 15) is 4.79 Å². The van der Waals surface area contributed by atoms with E-state index in [1.54, 1.807) is 23.9 Å². The fourth-order valence-electron chi connectivity index (χ4n) is 3.54. The van der Waals surface area contributed by atoms with Gasteiger partial charge in [-0.3, -0.25) is 9.69 Å². The average Bonchev–Trinajstić information content (AvgIpc) is 3.23. The zero-order chi connectivity index (χ0) is 21.5. The quantitative estimate of drug-likeness (QED) is 0.527. The Balaban J connectivity index is 1.53. The molecule has 30 heavy (non-hydrogen) atoms. The van der Waals surface area contributed by atoms with E-state index in [2.05, 4.69) is 40.8 Å². The van der Waals surface area contributed by atoms with Crippen molar-refractivity contribution in [3.63, 3.8) is 0 Å². The third-order valence-corrected chi connectivity index (χ3v) is 6.42. The van der Waals surface area contributed by atoms with E-state index in [1.165, 1.54) is 5.56 Å². The number of nitrogens with one attached hydrogen (secondary N) is 2. The van der Waals surface area contributed by atoms with Crippen molar-refractivity contribution in [3.05, 3.63) is 57.3 Å². The minimum Gasteiger partial charge on any atom is -0.357 e. The molecule has 1 unspecified atom stereocenters. The van der Waals surface area contributed by atoms with Crippen LogP contribution in [0.2, 0.25) is 0 Å². The van der Waals surface area contributed by atoms with Crippen LogP contribution in [0.25, 0.3) is 0 Å². The third kappa shape index (κ3) is 5.83. The first-order valence-electron chi connectivity index (χ1n) is 10.6. The van der Waals surface area contributed by atoms with Gasteiger partial charge >= 0.3 is 0 Å². The number of hydrogen-bond donors (Lipinski definition) is 2. The molecule has 1 aromatic carbocycles. The Morgan fingerprint density at radius 3 is 2.70 bits per heavy atom. The van der Waals surface area contributed by atoms with Crippen LogP contribution < -0.4 is 10.6 Å². The Labute approximate surface area is 184 Å². The lowest BCUT2D eigenvalue weighted by Gasteiger charge is -2.32. The van der Waals surface area contributed by atoms with Gasteiger partial charge < -0.3 is 15.5 Å². The van der Waals surface area contributed by atoms with Crippen LogP contribution in [0.1, 0.15) is 40.2 Å². The molecule has 0 aliphatic carbocycles. The van der Waals surface area contributed by atoms with E-state index in [-0.39, 0.29) is 5.91 Å². The molecule has 2 aromatic rings. The van der Waals surface area contributed by atoms with Gasteiger partial charge in [0.05, 0.1) is 6.54 Å². The lowest BCUT2D eigenvalue weighted by atomic mass is 10.1. The molecule has 1 aromatic heterocycles. The number of carbonyl (C=O) groups is 1. The molecule has 0 bridgehead atoms. The zero-order valence-corrected chi connectivity index (χ0v) is 19.3. The van der Waals surface area contributed by atoms with Gasteiger partial charge in [0.1, 0.15) is 0 Å². The van der Waals surface area contributed by atoms with Crippen molar-refractivity contribution in [1.82, 2.24) is 20.4 Å². The molecule has 2 N–H and O–H groups in total. The van der Waals surface area contributed by atoms with Gasteiger partial charge in [-0.2, -0.15) is 0 Å². The first kappa shape index (κ1) is 22.3. The molecular formula is C23H33N5OS. The number of benzene rings is 1. The molecule has 0 fully saturated rings. The highest BCUT2D eigenvalue weighted by molar-refractivity contribution is 7.10. The standard InChI is InChI=1S/C23H33N5OS/c1-5-24-23(26-15-18-6-8-19(9-7-18)22(29)27(3)4)25-14-17(2)28-12-10-21-20(16-28)11-13-30-21/h6-9,11,13,17H,5,10,12,14-16H2,1-4H3,(H2,24,25,26). The SMILES string of the molecule is CCNC(=NCc1ccc(C(=O)N(C)C)cc1)NCC(C)N1CCc2sccc2C1. The molecule has 0 radical (unpaired) electrons. The highest BCUT2D eigenvalue weighted by atomic mass is 32.1. The van der Waals surface area contributed by atoms with Crippen LogP contribution >= 0.6 is 11.3 Å². The molecule has 1 amide bonds. The smallest absolute Gasteiger partial charge is 0.253 e. The average molecular weight is 428 g/mol.